The molecule has 1 aromatic carbocycles. The van der Waals surface area contributed by atoms with E-state index in [1.165, 1.54) is 19.0 Å². The van der Waals surface area contributed by atoms with Gasteiger partial charge >= 0.3 is 0 Å². The zero-order valence-corrected chi connectivity index (χ0v) is 12.0. The molecule has 0 unspecified atom stereocenters. The van der Waals surface area contributed by atoms with Crippen LogP contribution in [0.4, 0.5) is 5.69 Å². The quantitative estimate of drug-likeness (QED) is 0.755. The number of hydrogen-bond acceptors (Lipinski definition) is 4. The van der Waals surface area contributed by atoms with Crippen molar-refractivity contribution in [2.45, 2.75) is 25.9 Å². The third-order valence-electron chi connectivity index (χ3n) is 3.19. The second kappa shape index (κ2) is 8.17. The van der Waals surface area contributed by atoms with Crippen molar-refractivity contribution >= 4 is 18.1 Å². The van der Waals surface area contributed by atoms with Crippen LogP contribution in [-0.4, -0.2) is 17.5 Å². The van der Waals surface area contributed by atoms with Crippen LogP contribution in [-0.2, 0) is 6.61 Å². The first-order valence-electron chi connectivity index (χ1n) is 7.15. The molecule has 0 amide bonds. The lowest BCUT2D eigenvalue weighted by Gasteiger charge is -1.98. The van der Waals surface area contributed by atoms with E-state index in [1.54, 1.807) is 6.21 Å². The van der Waals surface area contributed by atoms with Gasteiger partial charge in [-0.25, -0.2) is 0 Å². The van der Waals surface area contributed by atoms with Crippen LogP contribution in [0.15, 0.2) is 58.3 Å². The van der Waals surface area contributed by atoms with Crippen LogP contribution in [0.5, 0.6) is 0 Å². The highest BCUT2D eigenvalue weighted by atomic mass is 16.3. The Hall–Kier alpha value is -2.20. The van der Waals surface area contributed by atoms with Crippen molar-refractivity contribution in [3.63, 3.8) is 0 Å². The molecule has 3 N–H and O–H groups in total. The molecule has 0 atom stereocenters. The van der Waals surface area contributed by atoms with Gasteiger partial charge < -0.3 is 10.8 Å². The molecule has 1 aromatic rings. The van der Waals surface area contributed by atoms with E-state index in [4.69, 9.17) is 10.8 Å². The van der Waals surface area contributed by atoms with Gasteiger partial charge in [0.05, 0.1) is 12.3 Å². The molecule has 21 heavy (non-hydrogen) atoms. The summed E-state index contributed by atoms with van der Waals surface area (Å²) in [5, 5.41) is 9.09. The second-order valence-electron chi connectivity index (χ2n) is 5.04. The maximum absolute atomic E-state index is 9.09. The first-order chi connectivity index (χ1) is 10.3. The van der Waals surface area contributed by atoms with E-state index in [2.05, 4.69) is 16.1 Å². The lowest BCUT2D eigenvalue weighted by atomic mass is 10.2. The molecule has 0 spiro atoms. The highest BCUT2D eigenvalue weighted by Gasteiger charge is 2.16. The number of aliphatic hydroxyl groups excluding tert-OH is 1. The van der Waals surface area contributed by atoms with Crippen molar-refractivity contribution in [3.8, 4) is 0 Å². The Labute approximate surface area is 125 Å². The maximum atomic E-state index is 9.09. The van der Waals surface area contributed by atoms with Gasteiger partial charge in [-0.2, -0.15) is 0 Å². The average Bonchev–Trinajstić information content (AvgIpc) is 3.34. The average molecular weight is 283 g/mol. The smallest absolute Gasteiger partial charge is 0.0682 e. The zero-order chi connectivity index (χ0) is 14.9. The predicted octanol–water partition coefficient (Wildman–Crippen LogP) is 3.11. The van der Waals surface area contributed by atoms with Crippen LogP contribution < -0.4 is 5.73 Å². The number of aliphatic hydroxyl groups is 1. The highest BCUT2D eigenvalue weighted by Crippen LogP contribution is 2.29. The molecule has 0 radical (unpaired) electrons. The second-order valence-corrected chi connectivity index (χ2v) is 5.04. The van der Waals surface area contributed by atoms with Gasteiger partial charge in [0.25, 0.3) is 0 Å². The lowest BCUT2D eigenvalue weighted by molar-refractivity contribution is 0.282. The van der Waals surface area contributed by atoms with Crippen molar-refractivity contribution in [3.05, 3.63) is 53.9 Å². The first kappa shape index (κ1) is 15.2. The largest absolute Gasteiger partial charge is 0.404 e. The van der Waals surface area contributed by atoms with E-state index in [1.807, 2.05) is 36.7 Å². The first-order valence-corrected chi connectivity index (χ1v) is 7.15. The van der Waals surface area contributed by atoms with Crippen LogP contribution in [0.3, 0.4) is 0 Å². The summed E-state index contributed by atoms with van der Waals surface area (Å²) in [6.07, 6.45) is 12.3. The zero-order valence-electron chi connectivity index (χ0n) is 12.0. The van der Waals surface area contributed by atoms with E-state index in [0.29, 0.717) is 6.42 Å². The number of rotatable bonds is 7. The van der Waals surface area contributed by atoms with Crippen molar-refractivity contribution in [2.75, 3.05) is 0 Å². The Morgan fingerprint density at radius 3 is 2.95 bits per heavy atom. The van der Waals surface area contributed by atoms with Gasteiger partial charge in [-0.1, -0.05) is 18.2 Å². The minimum atomic E-state index is 0.0168. The minimum absolute atomic E-state index is 0.0168. The minimum Gasteiger partial charge on any atom is -0.404 e. The Kier molecular flexibility index (Phi) is 5.91. The summed E-state index contributed by atoms with van der Waals surface area (Å²) in [4.78, 5) is 8.58. The summed E-state index contributed by atoms with van der Waals surface area (Å²) >= 11 is 0. The summed E-state index contributed by atoms with van der Waals surface area (Å²) in [7, 11) is 0. The fourth-order valence-electron chi connectivity index (χ4n) is 1.74. The van der Waals surface area contributed by atoms with Crippen molar-refractivity contribution in [2.24, 2.45) is 21.6 Å². The molecule has 4 heteroatoms. The standard InChI is InChI=1S/C17H21N3O/c18-11-16(7-9-19-8-6-14-4-5-14)12-20-17-3-1-2-15(10-17)13-21/h1-3,6,8-12,14,21H,4-5,7,13,18H2/b8-6+,16-11-,19-9?,20-12?. The summed E-state index contributed by atoms with van der Waals surface area (Å²) in [6, 6.07) is 7.46. The monoisotopic (exact) mass is 283 g/mol. The van der Waals surface area contributed by atoms with Crippen molar-refractivity contribution in [1.29, 1.82) is 0 Å². The molecule has 0 saturated heterocycles. The third kappa shape index (κ3) is 5.75. The topological polar surface area (TPSA) is 71.0 Å². The molecular weight excluding hydrogens is 262 g/mol. The molecule has 0 bridgehead atoms. The maximum Gasteiger partial charge on any atom is 0.0682 e. The van der Waals surface area contributed by atoms with Crippen LogP contribution in [0.1, 0.15) is 24.8 Å². The summed E-state index contributed by atoms with van der Waals surface area (Å²) in [6.45, 7) is 0.0168. The molecule has 4 nitrogen and oxygen atoms in total. The van der Waals surface area contributed by atoms with Gasteiger partial charge in [-0.3, -0.25) is 9.98 Å². The molecule has 1 fully saturated rings. The number of allylic oxidation sites excluding steroid dienone is 2. The van der Waals surface area contributed by atoms with Gasteiger partial charge in [0, 0.05) is 25.0 Å². The van der Waals surface area contributed by atoms with Gasteiger partial charge in [-0.05, 0) is 48.2 Å². The Morgan fingerprint density at radius 2 is 2.24 bits per heavy atom. The normalized spacial score (nSPS) is 16.5. The summed E-state index contributed by atoms with van der Waals surface area (Å²) in [5.41, 5.74) is 8.13. The molecule has 2 rings (SSSR count). The molecule has 1 aliphatic rings. The van der Waals surface area contributed by atoms with Crippen LogP contribution >= 0.6 is 0 Å². The van der Waals surface area contributed by atoms with E-state index in [9.17, 15) is 0 Å². The van der Waals surface area contributed by atoms with Crippen LogP contribution in [0.2, 0.25) is 0 Å². The number of hydrogen-bond donors (Lipinski definition) is 2. The number of aliphatic imine (C=N–C) groups is 2. The Bertz CT molecular complexity index is 569. The van der Waals surface area contributed by atoms with E-state index in [-0.39, 0.29) is 6.61 Å². The molecular formula is C17H21N3O. The molecule has 0 aliphatic heterocycles. The molecule has 1 saturated carbocycles. The van der Waals surface area contributed by atoms with E-state index in [0.717, 1.165) is 22.7 Å². The third-order valence-corrected chi connectivity index (χ3v) is 3.19. The molecule has 0 aromatic heterocycles. The van der Waals surface area contributed by atoms with Crippen molar-refractivity contribution < 1.29 is 5.11 Å². The van der Waals surface area contributed by atoms with Crippen LogP contribution in [0, 0.1) is 5.92 Å². The number of benzene rings is 1. The molecule has 0 heterocycles. The number of nitrogens with zero attached hydrogens (tertiary/aromatic N) is 2. The fraction of sp³-hybridized carbons (Fsp3) is 0.294. The van der Waals surface area contributed by atoms with Crippen molar-refractivity contribution in [1.82, 2.24) is 0 Å². The van der Waals surface area contributed by atoms with E-state index < -0.39 is 0 Å². The Morgan fingerprint density at radius 1 is 1.38 bits per heavy atom. The van der Waals surface area contributed by atoms with E-state index >= 15 is 0 Å². The van der Waals surface area contributed by atoms with Gasteiger partial charge in [-0.15, -0.1) is 0 Å². The van der Waals surface area contributed by atoms with Gasteiger partial charge in [0.2, 0.25) is 0 Å². The predicted molar refractivity (Wildman–Crippen MR) is 87.8 cm³/mol. The fourth-order valence-corrected chi connectivity index (χ4v) is 1.74. The van der Waals surface area contributed by atoms with Gasteiger partial charge in [0.15, 0.2) is 0 Å². The van der Waals surface area contributed by atoms with Gasteiger partial charge in [0.1, 0.15) is 0 Å². The lowest BCUT2D eigenvalue weighted by Crippen LogP contribution is -1.92. The summed E-state index contributed by atoms with van der Waals surface area (Å²) < 4.78 is 0. The summed E-state index contributed by atoms with van der Waals surface area (Å²) in [5.74, 6) is 0.743. The molecule has 1 aliphatic carbocycles. The Balaban J connectivity index is 1.87. The van der Waals surface area contributed by atoms with Crippen LogP contribution in [0.25, 0.3) is 0 Å². The molecule has 110 valence electrons. The number of nitrogens with two attached hydrogens (primary N) is 1. The highest BCUT2D eigenvalue weighted by molar-refractivity contribution is 5.85. The SMILES string of the molecule is N/C=C(\C=Nc1cccc(CO)c1)CC=N/C=C/C1CC1.